The Balaban J connectivity index is 1.52. The van der Waals surface area contributed by atoms with Gasteiger partial charge in [0, 0.05) is 18.8 Å². The fourth-order valence-corrected chi connectivity index (χ4v) is 6.60. The summed E-state index contributed by atoms with van der Waals surface area (Å²) in [6.07, 6.45) is 4.19. The van der Waals surface area contributed by atoms with Gasteiger partial charge in [0.25, 0.3) is 5.91 Å². The highest BCUT2D eigenvalue weighted by atomic mass is 32.2. The van der Waals surface area contributed by atoms with Crippen LogP contribution >= 0.6 is 0 Å². The van der Waals surface area contributed by atoms with Crippen LogP contribution in [0.2, 0.25) is 0 Å². The van der Waals surface area contributed by atoms with Crippen molar-refractivity contribution in [2.24, 2.45) is 0 Å². The fraction of sp³-hybridized carbons (Fsp3) is 0.500. The van der Waals surface area contributed by atoms with Crippen molar-refractivity contribution >= 4 is 27.3 Å². The number of carbonyl (C=O) groups excluding carboxylic acids is 1. The van der Waals surface area contributed by atoms with Crippen molar-refractivity contribution in [1.82, 2.24) is 4.72 Å². The minimum Gasteiger partial charge on any atom is -0.377 e. The van der Waals surface area contributed by atoms with Crippen LogP contribution in [-0.2, 0) is 15.4 Å². The lowest BCUT2D eigenvalue weighted by Crippen LogP contribution is -2.36. The number of nitrogens with zero attached hydrogens (tertiary/aromatic N) is 1. The van der Waals surface area contributed by atoms with Crippen molar-refractivity contribution in [3.8, 4) is 0 Å². The molecule has 2 aliphatic heterocycles. The van der Waals surface area contributed by atoms with Crippen LogP contribution in [0.15, 0.2) is 30.3 Å². The van der Waals surface area contributed by atoms with Crippen molar-refractivity contribution < 1.29 is 17.6 Å². The Labute approximate surface area is 201 Å². The number of rotatable bonds is 5. The Hall–Kier alpha value is -2.61. The second kappa shape index (κ2) is 8.26. The molecule has 0 aromatic heterocycles. The summed E-state index contributed by atoms with van der Waals surface area (Å²) in [5.41, 5.74) is 4.37. The lowest BCUT2D eigenvalue weighted by molar-refractivity contribution is 0.0981. The molecule has 0 spiro atoms. The summed E-state index contributed by atoms with van der Waals surface area (Å²) < 4.78 is 41.5. The van der Waals surface area contributed by atoms with Gasteiger partial charge in [-0.3, -0.25) is 4.79 Å². The number of nitrogens with one attached hydrogen (secondary N) is 2. The van der Waals surface area contributed by atoms with E-state index in [0.29, 0.717) is 30.5 Å². The smallest absolute Gasteiger partial charge is 0.266 e. The monoisotopic (exact) mass is 485 g/mol. The van der Waals surface area contributed by atoms with Crippen LogP contribution in [0.25, 0.3) is 0 Å². The summed E-state index contributed by atoms with van der Waals surface area (Å²) in [5.74, 6) is -1.33. The minimum atomic E-state index is -3.74. The van der Waals surface area contributed by atoms with Gasteiger partial charge in [-0.15, -0.1) is 0 Å². The molecule has 2 fully saturated rings. The Morgan fingerprint density at radius 3 is 2.53 bits per heavy atom. The number of carbonyl (C=O) groups is 1. The maximum atomic E-state index is 14.6. The maximum absolute atomic E-state index is 14.6. The predicted molar refractivity (Wildman–Crippen MR) is 132 cm³/mol. The van der Waals surface area contributed by atoms with Gasteiger partial charge >= 0.3 is 0 Å². The topological polar surface area (TPSA) is 78.5 Å². The molecule has 182 valence electrons. The molecule has 0 bridgehead atoms. The van der Waals surface area contributed by atoms with Crippen molar-refractivity contribution in [2.75, 3.05) is 23.3 Å². The number of sulfonamides is 1. The normalized spacial score (nSPS) is 21.6. The number of halogens is 1. The third kappa shape index (κ3) is 4.28. The van der Waals surface area contributed by atoms with E-state index in [2.05, 4.69) is 40.1 Å². The highest BCUT2D eigenvalue weighted by molar-refractivity contribution is 7.91. The number of benzene rings is 2. The third-order valence-electron chi connectivity index (χ3n) is 7.39. The van der Waals surface area contributed by atoms with E-state index in [4.69, 9.17) is 0 Å². The van der Waals surface area contributed by atoms with E-state index in [0.717, 1.165) is 24.7 Å². The van der Waals surface area contributed by atoms with Crippen molar-refractivity contribution in [2.45, 2.75) is 69.6 Å². The molecule has 34 heavy (non-hydrogen) atoms. The molecule has 0 radical (unpaired) electrons. The van der Waals surface area contributed by atoms with Crippen molar-refractivity contribution in [3.63, 3.8) is 0 Å². The van der Waals surface area contributed by atoms with Gasteiger partial charge in [-0.2, -0.15) is 0 Å². The quantitative estimate of drug-likeness (QED) is 0.637. The fourth-order valence-electron chi connectivity index (χ4n) is 5.31. The molecule has 1 amide bonds. The van der Waals surface area contributed by atoms with E-state index in [1.807, 2.05) is 13.8 Å². The summed E-state index contributed by atoms with van der Waals surface area (Å²) in [7, 11) is -3.74. The molecule has 2 aromatic rings. The Kier molecular flexibility index (Phi) is 5.62. The molecule has 8 heteroatoms. The number of hydrogen-bond acceptors (Lipinski definition) is 5. The number of hydrogen-bond donors (Lipinski definition) is 2. The van der Waals surface area contributed by atoms with Gasteiger partial charge in [-0.05, 0) is 79.3 Å². The highest BCUT2D eigenvalue weighted by Gasteiger charge is 2.40. The lowest BCUT2D eigenvalue weighted by Gasteiger charge is -2.40. The Morgan fingerprint density at radius 2 is 1.85 bits per heavy atom. The molecule has 1 unspecified atom stereocenters. The van der Waals surface area contributed by atoms with E-state index >= 15 is 0 Å². The van der Waals surface area contributed by atoms with E-state index in [-0.39, 0.29) is 11.6 Å². The van der Waals surface area contributed by atoms with Crippen LogP contribution < -0.4 is 14.9 Å². The zero-order valence-electron chi connectivity index (χ0n) is 19.9. The third-order valence-corrected chi connectivity index (χ3v) is 9.21. The number of fused-ring (bicyclic) bond motifs is 1. The van der Waals surface area contributed by atoms with Gasteiger partial charge < -0.3 is 10.2 Å². The zero-order valence-corrected chi connectivity index (χ0v) is 20.8. The van der Waals surface area contributed by atoms with Crippen LogP contribution in [-0.4, -0.2) is 32.7 Å². The van der Waals surface area contributed by atoms with Crippen LogP contribution in [0, 0.1) is 12.7 Å². The molecule has 1 saturated heterocycles. The number of amides is 1. The van der Waals surface area contributed by atoms with E-state index < -0.39 is 32.4 Å². The van der Waals surface area contributed by atoms with Crippen LogP contribution in [0.4, 0.5) is 15.8 Å². The first-order chi connectivity index (χ1) is 16.0. The summed E-state index contributed by atoms with van der Waals surface area (Å²) in [6.45, 7) is 8.30. The number of anilines is 2. The standard InChI is InChI=1S/C26H32FN3O3S/c1-16-6-7-17(12-23(16)30-10-4-5-11-30)22-15-26(2,3)21-14-18(27)13-20(24(21)28-22)25(31)29-34(32,33)19-8-9-19/h6-7,12-14,19,22,28H,4-5,8-11,15H2,1-3H3,(H,29,31). The minimum absolute atomic E-state index is 0.0314. The first-order valence-electron chi connectivity index (χ1n) is 12.1. The van der Waals surface area contributed by atoms with Gasteiger partial charge in [0.15, 0.2) is 0 Å². The van der Waals surface area contributed by atoms with E-state index in [1.165, 1.54) is 30.2 Å². The summed E-state index contributed by atoms with van der Waals surface area (Å²) in [4.78, 5) is 15.5. The highest BCUT2D eigenvalue weighted by Crippen LogP contribution is 2.46. The van der Waals surface area contributed by atoms with Gasteiger partial charge in [0.2, 0.25) is 10.0 Å². The first-order valence-corrected chi connectivity index (χ1v) is 13.6. The molecule has 5 rings (SSSR count). The summed E-state index contributed by atoms with van der Waals surface area (Å²) in [5, 5.41) is 2.94. The SMILES string of the molecule is Cc1ccc(C2CC(C)(C)c3cc(F)cc(C(=O)NS(=O)(=O)C4CC4)c3N2)cc1N1CCCC1. The molecule has 3 aliphatic rings. The van der Waals surface area contributed by atoms with Crippen LogP contribution in [0.5, 0.6) is 0 Å². The van der Waals surface area contributed by atoms with Gasteiger partial charge in [-0.25, -0.2) is 17.5 Å². The van der Waals surface area contributed by atoms with Crippen LogP contribution in [0.3, 0.4) is 0 Å². The molecule has 2 heterocycles. The molecular weight excluding hydrogens is 453 g/mol. The Bertz CT molecular complexity index is 1250. The molecule has 6 nitrogen and oxygen atoms in total. The molecular formula is C26H32FN3O3S. The zero-order chi connectivity index (χ0) is 24.3. The maximum Gasteiger partial charge on any atom is 0.266 e. The summed E-state index contributed by atoms with van der Waals surface area (Å²) >= 11 is 0. The molecule has 2 aromatic carbocycles. The predicted octanol–water partition coefficient (Wildman–Crippen LogP) is 4.79. The largest absolute Gasteiger partial charge is 0.377 e. The molecule has 1 aliphatic carbocycles. The van der Waals surface area contributed by atoms with E-state index in [1.54, 1.807) is 0 Å². The van der Waals surface area contributed by atoms with Gasteiger partial charge in [0.1, 0.15) is 5.82 Å². The Morgan fingerprint density at radius 1 is 1.15 bits per heavy atom. The second-order valence-electron chi connectivity index (χ2n) is 10.6. The van der Waals surface area contributed by atoms with E-state index in [9.17, 15) is 17.6 Å². The second-order valence-corrected chi connectivity index (χ2v) is 12.5. The molecule has 1 atom stereocenters. The summed E-state index contributed by atoms with van der Waals surface area (Å²) in [6, 6.07) is 8.95. The van der Waals surface area contributed by atoms with Crippen molar-refractivity contribution in [3.05, 3.63) is 58.4 Å². The van der Waals surface area contributed by atoms with Gasteiger partial charge in [0.05, 0.1) is 22.5 Å². The lowest BCUT2D eigenvalue weighted by atomic mass is 9.73. The average Bonchev–Trinajstić information content (AvgIpc) is 3.50. The average molecular weight is 486 g/mol. The number of aryl methyl sites for hydroxylation is 1. The molecule has 1 saturated carbocycles. The van der Waals surface area contributed by atoms with Crippen molar-refractivity contribution in [1.29, 1.82) is 0 Å². The van der Waals surface area contributed by atoms with Crippen LogP contribution in [0.1, 0.15) is 79.0 Å². The van der Waals surface area contributed by atoms with Gasteiger partial charge in [-0.1, -0.05) is 26.0 Å². The first kappa shape index (κ1) is 23.1. The molecule has 2 N–H and O–H groups in total.